The van der Waals surface area contributed by atoms with Crippen molar-refractivity contribution >= 4 is 11.5 Å². The van der Waals surface area contributed by atoms with E-state index in [0.717, 1.165) is 55.6 Å². The number of ether oxygens (including phenoxy) is 1. The number of rotatable bonds is 4. The fourth-order valence-corrected chi connectivity index (χ4v) is 3.62. The predicted molar refractivity (Wildman–Crippen MR) is 110 cm³/mol. The lowest BCUT2D eigenvalue weighted by Gasteiger charge is -2.35. The minimum atomic E-state index is -0.315. The molecule has 0 saturated carbocycles. The summed E-state index contributed by atoms with van der Waals surface area (Å²) < 4.78 is 20.8. The van der Waals surface area contributed by atoms with E-state index in [0.29, 0.717) is 0 Å². The quantitative estimate of drug-likeness (QED) is 0.674. The molecule has 0 unspecified atom stereocenters. The Morgan fingerprint density at radius 2 is 1.79 bits per heavy atom. The third kappa shape index (κ3) is 4.03. The van der Waals surface area contributed by atoms with Crippen molar-refractivity contribution in [3.05, 3.63) is 47.5 Å². The molecular weight excluding hydrogens is 371 g/mol. The van der Waals surface area contributed by atoms with Crippen molar-refractivity contribution in [3.8, 4) is 5.75 Å². The summed E-state index contributed by atoms with van der Waals surface area (Å²) in [5.41, 5.74) is 1.59. The van der Waals surface area contributed by atoms with E-state index in [1.807, 2.05) is 22.7 Å². The fraction of sp³-hybridized carbons (Fsp3) is 0.476. The Balaban J connectivity index is 1.43. The molecule has 7 nitrogen and oxygen atoms in total. The molecular formula is C21H27FN6O. The predicted octanol–water partition coefficient (Wildman–Crippen LogP) is 2.89. The van der Waals surface area contributed by atoms with Gasteiger partial charge in [-0.25, -0.2) is 4.39 Å². The van der Waals surface area contributed by atoms with E-state index in [1.54, 1.807) is 12.1 Å². The SMILES string of the molecule is COc1ccc(CN2CCN(c3ccc4nnc(C(C)(C)C)n4n3)CC2)cc1F. The fourth-order valence-electron chi connectivity index (χ4n) is 3.62. The van der Waals surface area contributed by atoms with Crippen molar-refractivity contribution in [2.45, 2.75) is 32.7 Å². The zero-order valence-electron chi connectivity index (χ0n) is 17.4. The van der Waals surface area contributed by atoms with Crippen LogP contribution in [0.25, 0.3) is 5.65 Å². The first-order valence-corrected chi connectivity index (χ1v) is 9.88. The van der Waals surface area contributed by atoms with Crippen LogP contribution in [0.5, 0.6) is 5.75 Å². The number of piperazine rings is 1. The highest BCUT2D eigenvalue weighted by Gasteiger charge is 2.24. The largest absolute Gasteiger partial charge is 0.494 e. The normalized spacial score (nSPS) is 15.8. The first-order chi connectivity index (χ1) is 13.8. The van der Waals surface area contributed by atoms with Gasteiger partial charge in [0.1, 0.15) is 5.82 Å². The molecule has 3 aromatic rings. The number of fused-ring (bicyclic) bond motifs is 1. The van der Waals surface area contributed by atoms with Crippen LogP contribution < -0.4 is 9.64 Å². The third-order valence-corrected chi connectivity index (χ3v) is 5.24. The Labute approximate surface area is 170 Å². The van der Waals surface area contributed by atoms with Gasteiger partial charge in [0.2, 0.25) is 0 Å². The lowest BCUT2D eigenvalue weighted by Crippen LogP contribution is -2.46. The van der Waals surface area contributed by atoms with E-state index in [9.17, 15) is 4.39 Å². The number of hydrogen-bond acceptors (Lipinski definition) is 6. The number of anilines is 1. The molecule has 1 fully saturated rings. The van der Waals surface area contributed by atoms with Gasteiger partial charge in [-0.05, 0) is 29.8 Å². The van der Waals surface area contributed by atoms with Gasteiger partial charge >= 0.3 is 0 Å². The zero-order chi connectivity index (χ0) is 20.6. The number of nitrogens with zero attached hydrogens (tertiary/aromatic N) is 6. The summed E-state index contributed by atoms with van der Waals surface area (Å²) >= 11 is 0. The van der Waals surface area contributed by atoms with Crippen LogP contribution >= 0.6 is 0 Å². The molecule has 1 aromatic carbocycles. The van der Waals surface area contributed by atoms with Gasteiger partial charge in [-0.15, -0.1) is 15.3 Å². The summed E-state index contributed by atoms with van der Waals surface area (Å²) in [7, 11) is 1.48. The van der Waals surface area contributed by atoms with Gasteiger partial charge in [0, 0.05) is 38.1 Å². The van der Waals surface area contributed by atoms with Crippen LogP contribution in [0.3, 0.4) is 0 Å². The molecule has 1 aliphatic heterocycles. The highest BCUT2D eigenvalue weighted by atomic mass is 19.1. The Morgan fingerprint density at radius 1 is 1.03 bits per heavy atom. The second-order valence-corrected chi connectivity index (χ2v) is 8.47. The molecule has 2 aromatic heterocycles. The van der Waals surface area contributed by atoms with Crippen molar-refractivity contribution in [1.29, 1.82) is 0 Å². The monoisotopic (exact) mass is 398 g/mol. The summed E-state index contributed by atoms with van der Waals surface area (Å²) in [4.78, 5) is 4.60. The maximum Gasteiger partial charge on any atom is 0.178 e. The Hall–Kier alpha value is -2.74. The van der Waals surface area contributed by atoms with Gasteiger partial charge in [-0.3, -0.25) is 4.90 Å². The maximum absolute atomic E-state index is 13.9. The van der Waals surface area contributed by atoms with Crippen molar-refractivity contribution in [2.24, 2.45) is 0 Å². The Bertz CT molecular complexity index is 1000. The van der Waals surface area contributed by atoms with E-state index in [1.165, 1.54) is 7.11 Å². The Morgan fingerprint density at radius 3 is 2.45 bits per heavy atom. The lowest BCUT2D eigenvalue weighted by atomic mass is 9.96. The molecule has 1 aliphatic rings. The van der Waals surface area contributed by atoms with Crippen LogP contribution in [0.4, 0.5) is 10.2 Å². The number of benzene rings is 1. The zero-order valence-corrected chi connectivity index (χ0v) is 17.4. The lowest BCUT2D eigenvalue weighted by molar-refractivity contribution is 0.248. The molecule has 0 N–H and O–H groups in total. The first-order valence-electron chi connectivity index (χ1n) is 9.88. The first kappa shape index (κ1) is 19.6. The molecule has 0 spiro atoms. The van der Waals surface area contributed by atoms with E-state index in [4.69, 9.17) is 9.84 Å². The van der Waals surface area contributed by atoms with Gasteiger partial charge in [0.15, 0.2) is 23.0 Å². The summed E-state index contributed by atoms with van der Waals surface area (Å²) in [5, 5.41) is 13.3. The average molecular weight is 398 g/mol. The second kappa shape index (κ2) is 7.59. The second-order valence-electron chi connectivity index (χ2n) is 8.47. The van der Waals surface area contributed by atoms with Gasteiger partial charge in [-0.2, -0.15) is 4.52 Å². The van der Waals surface area contributed by atoms with E-state index >= 15 is 0 Å². The minimum Gasteiger partial charge on any atom is -0.494 e. The smallest absolute Gasteiger partial charge is 0.178 e. The number of aromatic nitrogens is 4. The van der Waals surface area contributed by atoms with Crippen LogP contribution in [0.15, 0.2) is 30.3 Å². The number of halogens is 1. The van der Waals surface area contributed by atoms with Crippen molar-refractivity contribution in [1.82, 2.24) is 24.7 Å². The van der Waals surface area contributed by atoms with Crippen molar-refractivity contribution in [3.63, 3.8) is 0 Å². The standard InChI is InChI=1S/C21H27FN6O/c1-21(2,3)20-24-23-18-7-8-19(25-28(18)20)27-11-9-26(10-12-27)14-15-5-6-17(29-4)16(22)13-15/h5-8,13H,9-12,14H2,1-4H3. The molecule has 8 heteroatoms. The molecule has 0 bridgehead atoms. The van der Waals surface area contributed by atoms with E-state index < -0.39 is 0 Å². The Kier molecular flexibility index (Phi) is 5.12. The molecule has 154 valence electrons. The summed E-state index contributed by atoms with van der Waals surface area (Å²) in [6.07, 6.45) is 0. The van der Waals surface area contributed by atoms with Gasteiger partial charge < -0.3 is 9.64 Å². The molecule has 0 amide bonds. The van der Waals surface area contributed by atoms with Crippen LogP contribution in [0.1, 0.15) is 32.2 Å². The molecule has 0 radical (unpaired) electrons. The highest BCUT2D eigenvalue weighted by Crippen LogP contribution is 2.23. The van der Waals surface area contributed by atoms with Crippen molar-refractivity contribution < 1.29 is 9.13 Å². The topological polar surface area (TPSA) is 58.8 Å². The molecule has 1 saturated heterocycles. The van der Waals surface area contributed by atoms with Crippen LogP contribution in [0, 0.1) is 5.82 Å². The van der Waals surface area contributed by atoms with Crippen LogP contribution in [-0.4, -0.2) is 58.0 Å². The molecule has 0 aliphatic carbocycles. The summed E-state index contributed by atoms with van der Waals surface area (Å²) in [5.74, 6) is 1.75. The molecule has 3 heterocycles. The third-order valence-electron chi connectivity index (χ3n) is 5.24. The molecule has 4 rings (SSSR count). The van der Waals surface area contributed by atoms with E-state index in [-0.39, 0.29) is 17.0 Å². The molecule has 0 atom stereocenters. The highest BCUT2D eigenvalue weighted by molar-refractivity contribution is 5.46. The van der Waals surface area contributed by atoms with E-state index in [2.05, 4.69) is 40.8 Å². The van der Waals surface area contributed by atoms with Gasteiger partial charge in [-0.1, -0.05) is 26.8 Å². The molecule has 29 heavy (non-hydrogen) atoms. The van der Waals surface area contributed by atoms with Crippen LogP contribution in [-0.2, 0) is 12.0 Å². The average Bonchev–Trinajstić information content (AvgIpc) is 3.12. The van der Waals surface area contributed by atoms with Gasteiger partial charge in [0.05, 0.1) is 7.11 Å². The summed E-state index contributed by atoms with van der Waals surface area (Å²) in [6, 6.07) is 9.14. The van der Waals surface area contributed by atoms with Crippen LogP contribution in [0.2, 0.25) is 0 Å². The maximum atomic E-state index is 13.9. The number of methoxy groups -OCH3 is 1. The van der Waals surface area contributed by atoms with Gasteiger partial charge in [0.25, 0.3) is 0 Å². The minimum absolute atomic E-state index is 0.128. The number of hydrogen-bond donors (Lipinski definition) is 0. The summed E-state index contributed by atoms with van der Waals surface area (Å²) in [6.45, 7) is 10.6. The van der Waals surface area contributed by atoms with Crippen molar-refractivity contribution in [2.75, 3.05) is 38.2 Å².